The van der Waals surface area contributed by atoms with Crippen LogP contribution in [0.2, 0.25) is 0 Å². The fraction of sp³-hybridized carbons (Fsp3) is 0.333. The van der Waals surface area contributed by atoms with Crippen molar-refractivity contribution in [1.29, 1.82) is 0 Å². The Bertz CT molecular complexity index is 1160. The van der Waals surface area contributed by atoms with E-state index in [9.17, 15) is 13.2 Å². The third kappa shape index (κ3) is 3.32. The van der Waals surface area contributed by atoms with Gasteiger partial charge >= 0.3 is 5.69 Å². The van der Waals surface area contributed by atoms with Gasteiger partial charge in [0.25, 0.3) is 0 Å². The maximum atomic E-state index is 13.5. The van der Waals surface area contributed by atoms with Crippen LogP contribution >= 0.6 is 0 Å². The zero-order chi connectivity index (χ0) is 20.6. The van der Waals surface area contributed by atoms with Crippen LogP contribution in [0.15, 0.2) is 64.3 Å². The molecule has 2 heterocycles. The Balaban J connectivity index is 1.86. The van der Waals surface area contributed by atoms with Gasteiger partial charge in [-0.2, -0.15) is 9.40 Å². The summed E-state index contributed by atoms with van der Waals surface area (Å²) in [5.41, 5.74) is 1.67. The summed E-state index contributed by atoms with van der Waals surface area (Å²) >= 11 is 0. The number of nitrogens with zero attached hydrogens (tertiary/aromatic N) is 4. The van der Waals surface area contributed by atoms with Gasteiger partial charge in [0.2, 0.25) is 10.0 Å². The molecule has 0 aliphatic carbocycles. The molecule has 0 fully saturated rings. The number of benzene rings is 2. The predicted molar refractivity (Wildman–Crippen MR) is 110 cm³/mol. The Morgan fingerprint density at radius 1 is 1.00 bits per heavy atom. The number of rotatable bonds is 5. The summed E-state index contributed by atoms with van der Waals surface area (Å²) in [6, 6.07) is 15.7. The van der Waals surface area contributed by atoms with Crippen molar-refractivity contribution < 1.29 is 8.42 Å². The summed E-state index contributed by atoms with van der Waals surface area (Å²) in [6.45, 7) is 4.81. The molecule has 3 aromatic rings. The second kappa shape index (κ2) is 7.61. The largest absolute Gasteiger partial charge is 0.346 e. The van der Waals surface area contributed by atoms with Gasteiger partial charge in [-0.25, -0.2) is 17.9 Å². The van der Waals surface area contributed by atoms with Crippen molar-refractivity contribution in [1.82, 2.24) is 18.7 Å². The second-order valence-electron chi connectivity index (χ2n) is 7.03. The van der Waals surface area contributed by atoms with Crippen LogP contribution in [0, 0.1) is 0 Å². The summed E-state index contributed by atoms with van der Waals surface area (Å²) < 4.78 is 31.5. The Labute approximate surface area is 170 Å². The molecule has 29 heavy (non-hydrogen) atoms. The third-order valence-electron chi connectivity index (χ3n) is 5.38. The Morgan fingerprint density at radius 3 is 2.31 bits per heavy atom. The van der Waals surface area contributed by atoms with Crippen LogP contribution in [0.5, 0.6) is 0 Å². The minimum atomic E-state index is -3.77. The molecular formula is C21H24N4O3S. The van der Waals surface area contributed by atoms with Gasteiger partial charge in [0.05, 0.1) is 4.90 Å². The molecule has 0 saturated heterocycles. The van der Waals surface area contributed by atoms with Crippen LogP contribution in [0.1, 0.15) is 36.8 Å². The molecule has 1 unspecified atom stereocenters. The number of aromatic nitrogens is 3. The van der Waals surface area contributed by atoms with Gasteiger partial charge in [0, 0.05) is 19.6 Å². The van der Waals surface area contributed by atoms with Crippen molar-refractivity contribution in [2.75, 3.05) is 6.54 Å². The molecule has 0 spiro atoms. The highest BCUT2D eigenvalue weighted by Gasteiger charge is 2.40. The molecule has 7 nitrogen and oxygen atoms in total. The number of sulfonamides is 1. The Kier molecular flexibility index (Phi) is 5.14. The van der Waals surface area contributed by atoms with Gasteiger partial charge < -0.3 is 0 Å². The quantitative estimate of drug-likeness (QED) is 0.645. The van der Waals surface area contributed by atoms with E-state index in [-0.39, 0.29) is 23.7 Å². The molecule has 2 aromatic carbocycles. The highest BCUT2D eigenvalue weighted by atomic mass is 32.2. The summed E-state index contributed by atoms with van der Waals surface area (Å²) in [5.74, 6) is 0.461. The average molecular weight is 413 g/mol. The zero-order valence-corrected chi connectivity index (χ0v) is 17.3. The first-order chi connectivity index (χ1) is 14.0. The third-order valence-corrected chi connectivity index (χ3v) is 7.26. The maximum Gasteiger partial charge on any atom is 0.346 e. The van der Waals surface area contributed by atoms with E-state index in [2.05, 4.69) is 5.10 Å². The van der Waals surface area contributed by atoms with Gasteiger partial charge in [-0.1, -0.05) is 49.4 Å². The van der Waals surface area contributed by atoms with Crippen LogP contribution in [0.4, 0.5) is 0 Å². The van der Waals surface area contributed by atoms with Crippen LogP contribution in [0.3, 0.4) is 0 Å². The highest BCUT2D eigenvalue weighted by molar-refractivity contribution is 7.89. The monoisotopic (exact) mass is 412 g/mol. The van der Waals surface area contributed by atoms with Gasteiger partial charge in [0.15, 0.2) is 5.82 Å². The fourth-order valence-electron chi connectivity index (χ4n) is 3.77. The number of fused-ring (bicyclic) bond motifs is 1. The lowest BCUT2D eigenvalue weighted by Crippen LogP contribution is -2.44. The average Bonchev–Trinajstić information content (AvgIpc) is 3.09. The molecule has 152 valence electrons. The zero-order valence-electron chi connectivity index (χ0n) is 16.5. The van der Waals surface area contributed by atoms with Gasteiger partial charge in [0.1, 0.15) is 6.04 Å². The van der Waals surface area contributed by atoms with Gasteiger partial charge in [-0.05, 0) is 36.6 Å². The Hall–Kier alpha value is -2.71. The van der Waals surface area contributed by atoms with E-state index < -0.39 is 16.1 Å². The number of hydrogen-bond donors (Lipinski definition) is 0. The molecule has 0 saturated carbocycles. The van der Waals surface area contributed by atoms with E-state index in [4.69, 9.17) is 0 Å². The second-order valence-corrected chi connectivity index (χ2v) is 8.93. The normalized spacial score (nSPS) is 17.2. The van der Waals surface area contributed by atoms with Crippen LogP contribution in [-0.4, -0.2) is 33.6 Å². The SMILES string of the molecule is CCc1ccc(S(=O)(=O)N2CCn3c(nn(CC)c3=O)C2c2ccccc2)cc1. The highest BCUT2D eigenvalue weighted by Crippen LogP contribution is 2.34. The van der Waals surface area contributed by atoms with Crippen molar-refractivity contribution in [3.8, 4) is 0 Å². The summed E-state index contributed by atoms with van der Waals surface area (Å²) in [6.07, 6.45) is 0.845. The van der Waals surface area contributed by atoms with Crippen molar-refractivity contribution in [3.63, 3.8) is 0 Å². The summed E-state index contributed by atoms with van der Waals surface area (Å²) in [4.78, 5) is 12.9. The van der Waals surface area contributed by atoms with E-state index in [1.807, 2.05) is 56.3 Å². The van der Waals surface area contributed by atoms with Crippen molar-refractivity contribution >= 4 is 10.0 Å². The van der Waals surface area contributed by atoms with E-state index >= 15 is 0 Å². The van der Waals surface area contributed by atoms with Crippen LogP contribution < -0.4 is 5.69 Å². The standard InChI is InChI=1S/C21H24N4O3S/c1-3-16-10-12-18(13-11-16)29(27,28)25-15-14-23-20(22-24(4-2)21(23)26)19(25)17-8-6-5-7-9-17/h5-13,19H,3-4,14-15H2,1-2H3. The van der Waals surface area contributed by atoms with Gasteiger partial charge in [-0.15, -0.1) is 0 Å². The number of aryl methyl sites for hydroxylation is 2. The topological polar surface area (TPSA) is 77.2 Å². The predicted octanol–water partition coefficient (Wildman–Crippen LogP) is 2.42. The fourth-order valence-corrected chi connectivity index (χ4v) is 5.34. The lowest BCUT2D eigenvalue weighted by Gasteiger charge is -2.34. The molecule has 1 atom stereocenters. The molecule has 8 heteroatoms. The first kappa shape index (κ1) is 19.6. The van der Waals surface area contributed by atoms with E-state index in [0.717, 1.165) is 17.5 Å². The maximum absolute atomic E-state index is 13.5. The van der Waals surface area contributed by atoms with Crippen LogP contribution in [-0.2, 0) is 29.5 Å². The minimum Gasteiger partial charge on any atom is -0.276 e. The molecule has 0 N–H and O–H groups in total. The van der Waals surface area contributed by atoms with E-state index in [1.165, 1.54) is 8.99 Å². The first-order valence-electron chi connectivity index (χ1n) is 9.80. The van der Waals surface area contributed by atoms with Crippen molar-refractivity contribution in [3.05, 3.63) is 82.0 Å². The Morgan fingerprint density at radius 2 is 1.69 bits per heavy atom. The molecule has 0 amide bonds. The minimum absolute atomic E-state index is 0.201. The van der Waals surface area contributed by atoms with E-state index in [0.29, 0.717) is 12.4 Å². The molecule has 0 radical (unpaired) electrons. The van der Waals surface area contributed by atoms with E-state index in [1.54, 1.807) is 16.7 Å². The number of hydrogen-bond acceptors (Lipinski definition) is 4. The molecule has 4 rings (SSSR count). The first-order valence-corrected chi connectivity index (χ1v) is 11.2. The van der Waals surface area contributed by atoms with Crippen molar-refractivity contribution in [2.24, 2.45) is 0 Å². The summed E-state index contributed by atoms with van der Waals surface area (Å²) in [7, 11) is -3.77. The van der Waals surface area contributed by atoms with Crippen LogP contribution in [0.25, 0.3) is 0 Å². The lowest BCUT2D eigenvalue weighted by molar-refractivity contribution is 0.289. The van der Waals surface area contributed by atoms with Crippen molar-refractivity contribution in [2.45, 2.75) is 44.3 Å². The molecular weight excluding hydrogens is 388 g/mol. The molecule has 1 aromatic heterocycles. The van der Waals surface area contributed by atoms with Gasteiger partial charge in [-0.3, -0.25) is 4.57 Å². The molecule has 1 aliphatic rings. The molecule has 0 bridgehead atoms. The lowest BCUT2D eigenvalue weighted by atomic mass is 10.1. The molecule has 1 aliphatic heterocycles. The summed E-state index contributed by atoms with van der Waals surface area (Å²) in [5, 5.41) is 4.47. The smallest absolute Gasteiger partial charge is 0.276 e.